The number of ether oxygens (including phenoxy) is 2. The molecule has 0 saturated heterocycles. The van der Waals surface area contributed by atoms with Crippen LogP contribution in [-0.4, -0.2) is 22.2 Å². The summed E-state index contributed by atoms with van der Waals surface area (Å²) in [6, 6.07) is 13.8. The average Bonchev–Trinajstić information content (AvgIpc) is 3.20. The lowest BCUT2D eigenvalue weighted by molar-refractivity contribution is 0.156. The first kappa shape index (κ1) is 18.1. The Kier molecular flexibility index (Phi) is 4.66. The molecule has 0 unspecified atom stereocenters. The standard InChI is InChI=1S/C23H20N2O3S/c1-27-15-10-8-14(9-11-15)18-12-29-23-21(18)22(24-13-25-23)28-20-7-3-4-16-17(20)5-2-6-19(16)26/h3-4,7-13,19,26H,2,5-6H2,1H3/t19-/m1/s1. The maximum absolute atomic E-state index is 10.3. The third-order valence-corrected chi connectivity index (χ3v) is 6.26. The minimum Gasteiger partial charge on any atom is -0.497 e. The molecule has 29 heavy (non-hydrogen) atoms. The van der Waals surface area contributed by atoms with Crippen LogP contribution in [0.4, 0.5) is 0 Å². The van der Waals surface area contributed by atoms with Crippen LogP contribution in [0.25, 0.3) is 21.3 Å². The first-order valence-electron chi connectivity index (χ1n) is 9.59. The van der Waals surface area contributed by atoms with E-state index >= 15 is 0 Å². The van der Waals surface area contributed by atoms with Gasteiger partial charge in [0.15, 0.2) is 0 Å². The third-order valence-electron chi connectivity index (χ3n) is 5.38. The number of rotatable bonds is 4. The van der Waals surface area contributed by atoms with Gasteiger partial charge in [-0.05, 0) is 48.6 Å². The Hall–Kier alpha value is -2.96. The zero-order valence-corrected chi connectivity index (χ0v) is 16.8. The SMILES string of the molecule is COc1ccc(-c2csc3ncnc(Oc4cccc5c4CCC[C@H]5O)c23)cc1. The van der Waals surface area contributed by atoms with Gasteiger partial charge in [-0.3, -0.25) is 0 Å². The van der Waals surface area contributed by atoms with Gasteiger partial charge in [0.1, 0.15) is 22.7 Å². The fourth-order valence-corrected chi connectivity index (χ4v) is 4.80. The summed E-state index contributed by atoms with van der Waals surface area (Å²) in [5, 5.41) is 13.3. The minimum atomic E-state index is -0.427. The number of nitrogens with zero attached hydrogens (tertiary/aromatic N) is 2. The molecular weight excluding hydrogens is 384 g/mol. The number of benzene rings is 2. The summed E-state index contributed by atoms with van der Waals surface area (Å²) in [7, 11) is 1.66. The van der Waals surface area contributed by atoms with Gasteiger partial charge in [-0.15, -0.1) is 11.3 Å². The molecule has 0 bridgehead atoms. The van der Waals surface area contributed by atoms with E-state index in [-0.39, 0.29) is 0 Å². The lowest BCUT2D eigenvalue weighted by Crippen LogP contribution is -2.10. The predicted octanol–water partition coefficient (Wildman–Crippen LogP) is 5.53. The first-order chi connectivity index (χ1) is 14.2. The Balaban J connectivity index is 1.60. The van der Waals surface area contributed by atoms with E-state index in [0.29, 0.717) is 5.88 Å². The van der Waals surface area contributed by atoms with Crippen LogP contribution in [0.3, 0.4) is 0 Å². The van der Waals surface area contributed by atoms with E-state index in [2.05, 4.69) is 15.3 Å². The molecule has 2 heterocycles. The quantitative estimate of drug-likeness (QED) is 0.485. The zero-order valence-electron chi connectivity index (χ0n) is 16.0. The number of aliphatic hydroxyl groups excluding tert-OH is 1. The van der Waals surface area contributed by atoms with Crippen molar-refractivity contribution < 1.29 is 14.6 Å². The summed E-state index contributed by atoms with van der Waals surface area (Å²) >= 11 is 1.57. The van der Waals surface area contributed by atoms with E-state index in [4.69, 9.17) is 9.47 Å². The van der Waals surface area contributed by atoms with Gasteiger partial charge in [-0.1, -0.05) is 24.3 Å². The molecule has 2 aromatic heterocycles. The number of hydrogen-bond donors (Lipinski definition) is 1. The number of hydrogen-bond acceptors (Lipinski definition) is 6. The second kappa shape index (κ2) is 7.46. The van der Waals surface area contributed by atoms with Gasteiger partial charge in [0.2, 0.25) is 5.88 Å². The molecule has 5 rings (SSSR count). The van der Waals surface area contributed by atoms with Crippen molar-refractivity contribution in [2.24, 2.45) is 0 Å². The molecule has 1 aliphatic rings. The van der Waals surface area contributed by atoms with E-state index in [1.54, 1.807) is 18.4 Å². The van der Waals surface area contributed by atoms with Crippen molar-refractivity contribution >= 4 is 21.6 Å². The Morgan fingerprint density at radius 2 is 1.97 bits per heavy atom. The summed E-state index contributed by atoms with van der Waals surface area (Å²) < 4.78 is 11.6. The molecule has 0 amide bonds. The molecule has 2 aromatic carbocycles. The van der Waals surface area contributed by atoms with Gasteiger partial charge in [-0.25, -0.2) is 9.97 Å². The van der Waals surface area contributed by atoms with Gasteiger partial charge < -0.3 is 14.6 Å². The molecule has 0 fully saturated rings. The van der Waals surface area contributed by atoms with Gasteiger partial charge in [-0.2, -0.15) is 0 Å². The van der Waals surface area contributed by atoms with Crippen LogP contribution in [-0.2, 0) is 6.42 Å². The highest BCUT2D eigenvalue weighted by atomic mass is 32.1. The van der Waals surface area contributed by atoms with E-state index in [1.807, 2.05) is 42.5 Å². The van der Waals surface area contributed by atoms with E-state index in [9.17, 15) is 5.11 Å². The van der Waals surface area contributed by atoms with E-state index in [0.717, 1.165) is 63.2 Å². The van der Waals surface area contributed by atoms with Crippen LogP contribution in [0.1, 0.15) is 30.1 Å². The zero-order chi connectivity index (χ0) is 19.8. The lowest BCUT2D eigenvalue weighted by Gasteiger charge is -2.23. The van der Waals surface area contributed by atoms with Crippen molar-refractivity contribution in [3.05, 3.63) is 65.3 Å². The van der Waals surface area contributed by atoms with Crippen molar-refractivity contribution in [2.45, 2.75) is 25.4 Å². The fourth-order valence-electron chi connectivity index (χ4n) is 3.90. The van der Waals surface area contributed by atoms with Gasteiger partial charge >= 0.3 is 0 Å². The largest absolute Gasteiger partial charge is 0.497 e. The third kappa shape index (κ3) is 3.24. The van der Waals surface area contributed by atoms with Crippen LogP contribution < -0.4 is 9.47 Å². The molecule has 5 nitrogen and oxygen atoms in total. The monoisotopic (exact) mass is 404 g/mol. The van der Waals surface area contributed by atoms with Crippen LogP contribution in [0, 0.1) is 0 Å². The highest BCUT2D eigenvalue weighted by Gasteiger charge is 2.22. The van der Waals surface area contributed by atoms with Crippen LogP contribution in [0.5, 0.6) is 17.4 Å². The number of methoxy groups -OCH3 is 1. The molecule has 146 valence electrons. The maximum Gasteiger partial charge on any atom is 0.231 e. The highest BCUT2D eigenvalue weighted by molar-refractivity contribution is 7.17. The predicted molar refractivity (Wildman–Crippen MR) is 114 cm³/mol. The molecule has 0 spiro atoms. The molecule has 0 radical (unpaired) electrons. The molecule has 1 N–H and O–H groups in total. The fraction of sp³-hybridized carbons (Fsp3) is 0.217. The number of thiophene rings is 1. The molecular formula is C23H20N2O3S. The first-order valence-corrected chi connectivity index (χ1v) is 10.5. The van der Waals surface area contributed by atoms with Crippen LogP contribution >= 0.6 is 11.3 Å². The normalized spacial score (nSPS) is 15.9. The Morgan fingerprint density at radius 1 is 1.10 bits per heavy atom. The number of fused-ring (bicyclic) bond motifs is 2. The molecule has 4 aromatic rings. The lowest BCUT2D eigenvalue weighted by atomic mass is 9.89. The molecule has 0 saturated carbocycles. The maximum atomic E-state index is 10.3. The summed E-state index contributed by atoms with van der Waals surface area (Å²) in [6.07, 6.45) is 3.75. The minimum absolute atomic E-state index is 0.427. The summed E-state index contributed by atoms with van der Waals surface area (Å²) in [4.78, 5) is 9.75. The van der Waals surface area contributed by atoms with Crippen molar-refractivity contribution in [3.63, 3.8) is 0 Å². The molecule has 6 heteroatoms. The van der Waals surface area contributed by atoms with Crippen molar-refractivity contribution in [1.29, 1.82) is 0 Å². The summed E-state index contributed by atoms with van der Waals surface area (Å²) in [6.45, 7) is 0. The van der Waals surface area contributed by atoms with Crippen molar-refractivity contribution in [3.8, 4) is 28.5 Å². The van der Waals surface area contributed by atoms with Crippen LogP contribution in [0.15, 0.2) is 54.2 Å². The van der Waals surface area contributed by atoms with Gasteiger partial charge in [0, 0.05) is 16.5 Å². The van der Waals surface area contributed by atoms with Crippen molar-refractivity contribution in [1.82, 2.24) is 9.97 Å². The summed E-state index contributed by atoms with van der Waals surface area (Å²) in [5.41, 5.74) is 4.12. The molecule has 1 aliphatic carbocycles. The van der Waals surface area contributed by atoms with Crippen molar-refractivity contribution in [2.75, 3.05) is 7.11 Å². The van der Waals surface area contributed by atoms with Gasteiger partial charge in [0.05, 0.1) is 18.6 Å². The second-order valence-electron chi connectivity index (χ2n) is 7.07. The van der Waals surface area contributed by atoms with Gasteiger partial charge in [0.25, 0.3) is 0 Å². The van der Waals surface area contributed by atoms with E-state index in [1.165, 1.54) is 6.33 Å². The van der Waals surface area contributed by atoms with Crippen LogP contribution in [0.2, 0.25) is 0 Å². The summed E-state index contributed by atoms with van der Waals surface area (Å²) in [5.74, 6) is 2.11. The highest BCUT2D eigenvalue weighted by Crippen LogP contribution is 2.42. The number of aromatic nitrogens is 2. The average molecular weight is 404 g/mol. The smallest absolute Gasteiger partial charge is 0.231 e. The number of aliphatic hydroxyl groups is 1. The second-order valence-corrected chi connectivity index (χ2v) is 7.93. The molecule has 0 aliphatic heterocycles. The Labute approximate surface area is 172 Å². The molecule has 1 atom stereocenters. The Bertz CT molecular complexity index is 1170. The topological polar surface area (TPSA) is 64.5 Å². The van der Waals surface area contributed by atoms with E-state index < -0.39 is 6.10 Å². The Morgan fingerprint density at radius 3 is 2.79 bits per heavy atom.